The molecule has 4 rings (SSSR count). The average Bonchev–Trinajstić information content (AvgIpc) is 3.17. The standard InChI is InChI=1S/C22H30BN4OS/c24-18(15-29)22(28)27-12-11-26-14-20(23-17-9-5-2-6-10-17)25-21(26)19(27)13-16-7-3-1-4-8-16/h2,5-6,9-10,14,16,18-19,29H,1,3-4,7-8,11-13,15,24H2. The van der Waals surface area contributed by atoms with Crippen LogP contribution in [0, 0.1) is 5.92 Å². The number of rotatable bonds is 6. The highest BCUT2D eigenvalue weighted by molar-refractivity contribution is 7.80. The maximum absolute atomic E-state index is 13.0. The number of benzene rings is 1. The summed E-state index contributed by atoms with van der Waals surface area (Å²) in [4.78, 5) is 19.9. The molecule has 1 fully saturated rings. The van der Waals surface area contributed by atoms with Crippen LogP contribution in [-0.2, 0) is 11.3 Å². The molecule has 1 aliphatic carbocycles. The molecule has 2 heterocycles. The number of hydrogen-bond donors (Lipinski definition) is 2. The van der Waals surface area contributed by atoms with Gasteiger partial charge in [0.15, 0.2) is 0 Å². The second kappa shape index (κ2) is 9.39. The number of nitrogens with zero attached hydrogens (tertiary/aromatic N) is 3. The highest BCUT2D eigenvalue weighted by Crippen LogP contribution is 2.36. The maximum atomic E-state index is 13.0. The molecule has 0 bridgehead atoms. The van der Waals surface area contributed by atoms with Crippen molar-refractivity contribution in [2.75, 3.05) is 12.3 Å². The van der Waals surface area contributed by atoms with Crippen molar-refractivity contribution in [3.63, 3.8) is 0 Å². The summed E-state index contributed by atoms with van der Waals surface area (Å²) in [6.45, 7) is 1.45. The van der Waals surface area contributed by atoms with Gasteiger partial charge in [0, 0.05) is 30.6 Å². The van der Waals surface area contributed by atoms with Gasteiger partial charge in [0.05, 0.1) is 12.1 Å². The van der Waals surface area contributed by atoms with Crippen LogP contribution in [0.5, 0.6) is 0 Å². The molecule has 1 amide bonds. The monoisotopic (exact) mass is 409 g/mol. The van der Waals surface area contributed by atoms with E-state index in [-0.39, 0.29) is 11.9 Å². The summed E-state index contributed by atoms with van der Waals surface area (Å²) in [5.41, 5.74) is 8.16. The molecule has 2 atom stereocenters. The van der Waals surface area contributed by atoms with Crippen LogP contribution >= 0.6 is 12.6 Å². The van der Waals surface area contributed by atoms with Gasteiger partial charge in [-0.05, 0) is 12.3 Å². The number of carbonyl (C=O) groups excluding carboxylic acids is 1. The fourth-order valence-electron chi connectivity index (χ4n) is 4.72. The average molecular weight is 409 g/mol. The molecule has 1 aromatic carbocycles. The van der Waals surface area contributed by atoms with Crippen molar-refractivity contribution in [1.29, 1.82) is 0 Å². The van der Waals surface area contributed by atoms with Gasteiger partial charge < -0.3 is 15.2 Å². The Hall–Kier alpha value is -1.73. The second-order valence-corrected chi connectivity index (χ2v) is 8.71. The first-order valence-corrected chi connectivity index (χ1v) is 11.4. The molecule has 2 unspecified atom stereocenters. The van der Waals surface area contributed by atoms with E-state index < -0.39 is 6.04 Å². The quantitative estimate of drug-likeness (QED) is 0.563. The molecule has 0 saturated heterocycles. The van der Waals surface area contributed by atoms with Crippen LogP contribution in [0.15, 0.2) is 36.5 Å². The highest BCUT2D eigenvalue weighted by atomic mass is 32.1. The SMILES string of the molecule is NC(CS)C(=O)N1CCn2cc([B]c3ccccc3)nc2C1CC1CCCCC1. The minimum atomic E-state index is -0.552. The Morgan fingerprint density at radius 3 is 2.69 bits per heavy atom. The molecular weight excluding hydrogens is 379 g/mol. The normalized spacial score (nSPS) is 20.9. The van der Waals surface area contributed by atoms with E-state index in [1.165, 1.54) is 32.1 Å². The topological polar surface area (TPSA) is 64.2 Å². The van der Waals surface area contributed by atoms with Gasteiger partial charge in [-0.25, -0.2) is 4.98 Å². The Morgan fingerprint density at radius 2 is 1.97 bits per heavy atom. The van der Waals surface area contributed by atoms with E-state index in [9.17, 15) is 4.79 Å². The largest absolute Gasteiger partial charge is 0.332 e. The smallest absolute Gasteiger partial charge is 0.241 e. The van der Waals surface area contributed by atoms with Crippen molar-refractivity contribution in [3.8, 4) is 0 Å². The Labute approximate surface area is 179 Å². The van der Waals surface area contributed by atoms with Crippen LogP contribution in [0.1, 0.15) is 50.4 Å². The van der Waals surface area contributed by atoms with Crippen LogP contribution < -0.4 is 16.8 Å². The maximum Gasteiger partial charge on any atom is 0.241 e. The van der Waals surface area contributed by atoms with Gasteiger partial charge in [0.2, 0.25) is 13.2 Å². The van der Waals surface area contributed by atoms with Crippen LogP contribution in [0.3, 0.4) is 0 Å². The zero-order chi connectivity index (χ0) is 20.2. The lowest BCUT2D eigenvalue weighted by Gasteiger charge is -2.39. The minimum absolute atomic E-state index is 0.00297. The van der Waals surface area contributed by atoms with Crippen molar-refractivity contribution >= 4 is 36.9 Å². The first-order chi connectivity index (χ1) is 14.2. The van der Waals surface area contributed by atoms with E-state index in [1.54, 1.807) is 0 Å². The molecule has 0 spiro atoms. The Bertz CT molecular complexity index is 821. The summed E-state index contributed by atoms with van der Waals surface area (Å²) < 4.78 is 2.23. The Kier molecular flexibility index (Phi) is 6.65. The Morgan fingerprint density at radius 1 is 1.21 bits per heavy atom. The zero-order valence-corrected chi connectivity index (χ0v) is 17.8. The summed E-state index contributed by atoms with van der Waals surface area (Å²) in [6, 6.07) is 9.70. The third kappa shape index (κ3) is 4.72. The third-order valence-electron chi connectivity index (χ3n) is 6.27. The lowest BCUT2D eigenvalue weighted by atomic mass is 9.67. The van der Waals surface area contributed by atoms with Gasteiger partial charge in [-0.15, -0.1) is 0 Å². The molecule has 29 heavy (non-hydrogen) atoms. The van der Waals surface area contributed by atoms with Crippen molar-refractivity contribution in [1.82, 2.24) is 14.5 Å². The summed E-state index contributed by atoms with van der Waals surface area (Å²) >= 11 is 4.25. The second-order valence-electron chi connectivity index (χ2n) is 8.35. The Balaban J connectivity index is 1.60. The molecular formula is C22H30BN4OS. The number of hydrogen-bond acceptors (Lipinski definition) is 4. The van der Waals surface area contributed by atoms with Gasteiger partial charge in [0.25, 0.3) is 0 Å². The predicted octanol–water partition coefficient (Wildman–Crippen LogP) is 1.65. The molecule has 1 saturated carbocycles. The minimum Gasteiger partial charge on any atom is -0.332 e. The molecule has 2 N–H and O–H groups in total. The van der Waals surface area contributed by atoms with Crippen LogP contribution in [0.4, 0.5) is 0 Å². The molecule has 2 aliphatic rings. The van der Waals surface area contributed by atoms with E-state index >= 15 is 0 Å². The van der Waals surface area contributed by atoms with Crippen molar-refractivity contribution < 1.29 is 4.79 Å². The number of aromatic nitrogens is 2. The molecule has 5 nitrogen and oxygen atoms in total. The van der Waals surface area contributed by atoms with Gasteiger partial charge in [-0.3, -0.25) is 4.79 Å². The van der Waals surface area contributed by atoms with E-state index in [1.807, 2.05) is 23.1 Å². The molecule has 1 aromatic heterocycles. The van der Waals surface area contributed by atoms with Crippen molar-refractivity contribution in [2.24, 2.45) is 11.7 Å². The summed E-state index contributed by atoms with van der Waals surface area (Å²) in [5.74, 6) is 2.03. The van der Waals surface area contributed by atoms with Crippen molar-refractivity contribution in [2.45, 2.75) is 57.2 Å². The number of thiol groups is 1. The van der Waals surface area contributed by atoms with Gasteiger partial charge in [-0.2, -0.15) is 12.6 Å². The first kappa shape index (κ1) is 20.5. The fourth-order valence-corrected chi connectivity index (χ4v) is 4.88. The van der Waals surface area contributed by atoms with Crippen LogP contribution in [0.25, 0.3) is 0 Å². The van der Waals surface area contributed by atoms with E-state index in [4.69, 9.17) is 10.7 Å². The first-order valence-electron chi connectivity index (χ1n) is 10.8. The van der Waals surface area contributed by atoms with Gasteiger partial charge in [0.1, 0.15) is 5.82 Å². The van der Waals surface area contributed by atoms with E-state index in [2.05, 4.69) is 42.8 Å². The lowest BCUT2D eigenvalue weighted by molar-refractivity contribution is -0.136. The third-order valence-corrected chi connectivity index (χ3v) is 6.67. The predicted molar refractivity (Wildman–Crippen MR) is 121 cm³/mol. The molecule has 1 aliphatic heterocycles. The molecule has 7 heteroatoms. The van der Waals surface area contributed by atoms with E-state index in [0.717, 1.165) is 29.8 Å². The number of fused-ring (bicyclic) bond motifs is 1. The summed E-state index contributed by atoms with van der Waals surface area (Å²) in [5, 5.41) is 0. The molecule has 153 valence electrons. The van der Waals surface area contributed by atoms with Crippen LogP contribution in [-0.4, -0.2) is 46.0 Å². The summed E-state index contributed by atoms with van der Waals surface area (Å²) in [6.07, 6.45) is 9.52. The lowest BCUT2D eigenvalue weighted by Crippen LogP contribution is -2.50. The number of carbonyl (C=O) groups is 1. The highest BCUT2D eigenvalue weighted by Gasteiger charge is 2.36. The molecule has 2 aromatic rings. The number of nitrogens with two attached hydrogens (primary N) is 1. The van der Waals surface area contributed by atoms with Gasteiger partial charge in [-0.1, -0.05) is 67.9 Å². The molecule has 1 radical (unpaired) electrons. The van der Waals surface area contributed by atoms with Gasteiger partial charge >= 0.3 is 0 Å². The number of imidazole rings is 1. The fraction of sp³-hybridized carbons (Fsp3) is 0.545. The van der Waals surface area contributed by atoms with E-state index in [0.29, 0.717) is 18.2 Å². The van der Waals surface area contributed by atoms with Crippen molar-refractivity contribution in [3.05, 3.63) is 42.4 Å². The summed E-state index contributed by atoms with van der Waals surface area (Å²) in [7, 11) is 2.11. The van der Waals surface area contributed by atoms with Crippen LogP contribution in [0.2, 0.25) is 0 Å². The zero-order valence-electron chi connectivity index (χ0n) is 16.9. The number of amides is 1.